The number of piperidine rings is 1. The number of carbonyl (C=O) groups is 2. The topological polar surface area (TPSA) is 75.4 Å². The van der Waals surface area contributed by atoms with Gasteiger partial charge in [0.15, 0.2) is 5.69 Å². The van der Waals surface area contributed by atoms with Crippen LogP contribution in [0.2, 0.25) is 0 Å². The van der Waals surface area contributed by atoms with E-state index in [0.717, 1.165) is 25.9 Å². The lowest BCUT2D eigenvalue weighted by Crippen LogP contribution is -2.48. The molecule has 1 unspecified atom stereocenters. The monoisotopic (exact) mass is 293 g/mol. The summed E-state index contributed by atoms with van der Waals surface area (Å²) in [6, 6.07) is 1.08. The van der Waals surface area contributed by atoms with Gasteiger partial charge in [0.2, 0.25) is 5.91 Å². The lowest BCUT2D eigenvalue weighted by Gasteiger charge is -2.29. The van der Waals surface area contributed by atoms with Crippen molar-refractivity contribution in [2.75, 3.05) is 13.1 Å². The number of nitrogens with one attached hydrogen (secondary N) is 1. The fraction of sp³-hybridized carbons (Fsp3) is 0.667. The summed E-state index contributed by atoms with van der Waals surface area (Å²) in [4.78, 5) is 26.1. The van der Waals surface area contributed by atoms with E-state index in [9.17, 15) is 9.59 Å². The van der Waals surface area contributed by atoms with E-state index in [-0.39, 0.29) is 23.4 Å². The molecule has 1 atom stereocenters. The van der Waals surface area contributed by atoms with Crippen LogP contribution in [0.4, 0.5) is 0 Å². The zero-order valence-corrected chi connectivity index (χ0v) is 12.9. The molecule has 0 aromatic carbocycles. The maximum atomic E-state index is 12.2. The molecule has 2 rings (SSSR count). The Kier molecular flexibility index (Phi) is 4.98. The van der Waals surface area contributed by atoms with E-state index in [1.54, 1.807) is 13.0 Å². The highest BCUT2D eigenvalue weighted by Crippen LogP contribution is 2.15. The van der Waals surface area contributed by atoms with Gasteiger partial charge in [-0.2, -0.15) is 0 Å². The van der Waals surface area contributed by atoms with E-state index in [0.29, 0.717) is 5.76 Å². The Bertz CT molecular complexity index is 504. The Balaban J connectivity index is 1.92. The first-order chi connectivity index (χ1) is 9.99. The number of hydrogen-bond acceptors (Lipinski definition) is 4. The maximum absolute atomic E-state index is 12.2. The van der Waals surface area contributed by atoms with Crippen molar-refractivity contribution in [3.8, 4) is 0 Å². The lowest BCUT2D eigenvalue weighted by atomic mass is 10.1. The zero-order valence-electron chi connectivity index (χ0n) is 12.9. The van der Waals surface area contributed by atoms with E-state index in [4.69, 9.17) is 4.52 Å². The highest BCUT2D eigenvalue weighted by molar-refractivity contribution is 5.95. The van der Waals surface area contributed by atoms with Crippen LogP contribution in [-0.2, 0) is 4.79 Å². The Hall–Kier alpha value is -1.85. The smallest absolute Gasteiger partial charge is 0.274 e. The van der Waals surface area contributed by atoms with Crippen molar-refractivity contribution in [2.45, 2.75) is 52.0 Å². The number of rotatable bonds is 4. The highest BCUT2D eigenvalue weighted by Gasteiger charge is 2.24. The zero-order chi connectivity index (χ0) is 15.4. The van der Waals surface area contributed by atoms with Crippen molar-refractivity contribution in [1.82, 2.24) is 15.4 Å². The molecule has 21 heavy (non-hydrogen) atoms. The molecule has 6 heteroatoms. The third kappa shape index (κ3) is 3.83. The average Bonchev–Trinajstić information content (AvgIpc) is 2.97. The lowest BCUT2D eigenvalue weighted by molar-refractivity contribution is -0.133. The van der Waals surface area contributed by atoms with E-state index in [1.165, 1.54) is 6.42 Å². The van der Waals surface area contributed by atoms with Crippen LogP contribution < -0.4 is 5.32 Å². The predicted molar refractivity (Wildman–Crippen MR) is 78.0 cm³/mol. The van der Waals surface area contributed by atoms with Gasteiger partial charge in [0.1, 0.15) is 11.8 Å². The van der Waals surface area contributed by atoms with Gasteiger partial charge in [-0.15, -0.1) is 0 Å². The first-order valence-electron chi connectivity index (χ1n) is 7.55. The molecule has 2 heterocycles. The number of amides is 2. The molecular formula is C15H23N3O3. The Labute approximate surface area is 124 Å². The molecule has 6 nitrogen and oxygen atoms in total. The quantitative estimate of drug-likeness (QED) is 0.920. The van der Waals surface area contributed by atoms with Gasteiger partial charge in [-0.25, -0.2) is 0 Å². The summed E-state index contributed by atoms with van der Waals surface area (Å²) in [6.45, 7) is 7.19. The van der Waals surface area contributed by atoms with Crippen LogP contribution in [0.25, 0.3) is 0 Å². The minimum absolute atomic E-state index is 0.0318. The van der Waals surface area contributed by atoms with Crippen LogP contribution >= 0.6 is 0 Å². The van der Waals surface area contributed by atoms with Gasteiger partial charge in [-0.1, -0.05) is 19.0 Å². The van der Waals surface area contributed by atoms with Gasteiger partial charge < -0.3 is 14.7 Å². The van der Waals surface area contributed by atoms with Crippen LogP contribution in [-0.4, -0.2) is 41.0 Å². The second-order valence-electron chi connectivity index (χ2n) is 5.85. The Morgan fingerprint density at radius 2 is 1.90 bits per heavy atom. The number of aromatic nitrogens is 1. The molecule has 2 amide bonds. The van der Waals surface area contributed by atoms with Crippen LogP contribution in [0.1, 0.15) is 62.2 Å². The van der Waals surface area contributed by atoms with Gasteiger partial charge in [0.05, 0.1) is 0 Å². The Morgan fingerprint density at radius 3 is 2.48 bits per heavy atom. The molecule has 1 fully saturated rings. The maximum Gasteiger partial charge on any atom is 0.274 e. The van der Waals surface area contributed by atoms with Gasteiger partial charge in [-0.3, -0.25) is 9.59 Å². The molecule has 1 aliphatic rings. The first kappa shape index (κ1) is 15.5. The summed E-state index contributed by atoms with van der Waals surface area (Å²) < 4.78 is 5.10. The molecule has 0 saturated carbocycles. The fourth-order valence-corrected chi connectivity index (χ4v) is 2.39. The molecule has 0 bridgehead atoms. The average molecular weight is 293 g/mol. The van der Waals surface area contributed by atoms with Crippen molar-refractivity contribution < 1.29 is 14.1 Å². The summed E-state index contributed by atoms with van der Waals surface area (Å²) in [5.74, 6) is 0.431. The van der Waals surface area contributed by atoms with Crippen LogP contribution in [0, 0.1) is 0 Å². The van der Waals surface area contributed by atoms with Crippen LogP contribution in [0.3, 0.4) is 0 Å². The normalized spacial score (nSPS) is 16.9. The molecule has 1 aromatic heterocycles. The van der Waals surface area contributed by atoms with Crippen molar-refractivity contribution >= 4 is 11.8 Å². The predicted octanol–water partition coefficient (Wildman–Crippen LogP) is 1.93. The molecule has 0 radical (unpaired) electrons. The highest BCUT2D eigenvalue weighted by atomic mass is 16.5. The summed E-state index contributed by atoms with van der Waals surface area (Å²) >= 11 is 0. The summed E-state index contributed by atoms with van der Waals surface area (Å²) in [6.07, 6.45) is 3.24. The SMILES string of the molecule is CC(NC(=O)c1cc(C(C)C)on1)C(=O)N1CCCCC1. The second kappa shape index (κ2) is 6.74. The summed E-state index contributed by atoms with van der Waals surface area (Å²) in [5, 5.41) is 6.44. The van der Waals surface area contributed by atoms with E-state index < -0.39 is 6.04 Å². The van der Waals surface area contributed by atoms with Crippen LogP contribution in [0.15, 0.2) is 10.6 Å². The van der Waals surface area contributed by atoms with E-state index in [2.05, 4.69) is 10.5 Å². The molecule has 116 valence electrons. The molecule has 1 aliphatic heterocycles. The summed E-state index contributed by atoms with van der Waals surface area (Å²) in [5.41, 5.74) is 0.219. The van der Waals surface area contributed by atoms with Gasteiger partial charge in [0, 0.05) is 25.1 Å². The third-order valence-corrected chi connectivity index (χ3v) is 3.72. The third-order valence-electron chi connectivity index (χ3n) is 3.72. The fourth-order valence-electron chi connectivity index (χ4n) is 2.39. The van der Waals surface area contributed by atoms with E-state index in [1.807, 2.05) is 18.7 Å². The number of nitrogens with zero attached hydrogens (tertiary/aromatic N) is 2. The standard InChI is InChI=1S/C15H23N3O3/c1-10(2)13-9-12(17-21-13)14(19)16-11(3)15(20)18-7-5-4-6-8-18/h9-11H,4-8H2,1-3H3,(H,16,19). The second-order valence-corrected chi connectivity index (χ2v) is 5.85. The molecule has 1 saturated heterocycles. The Morgan fingerprint density at radius 1 is 1.24 bits per heavy atom. The largest absolute Gasteiger partial charge is 0.360 e. The van der Waals surface area contributed by atoms with E-state index >= 15 is 0 Å². The van der Waals surface area contributed by atoms with Crippen molar-refractivity contribution in [3.05, 3.63) is 17.5 Å². The van der Waals surface area contributed by atoms with Crippen molar-refractivity contribution in [1.29, 1.82) is 0 Å². The minimum Gasteiger partial charge on any atom is -0.360 e. The van der Waals surface area contributed by atoms with Crippen molar-refractivity contribution in [2.24, 2.45) is 0 Å². The molecule has 1 aromatic rings. The summed E-state index contributed by atoms with van der Waals surface area (Å²) in [7, 11) is 0. The number of hydrogen-bond donors (Lipinski definition) is 1. The molecule has 1 N–H and O–H groups in total. The number of likely N-dealkylation sites (tertiary alicyclic amines) is 1. The molecule has 0 spiro atoms. The minimum atomic E-state index is -0.546. The first-order valence-corrected chi connectivity index (χ1v) is 7.55. The number of carbonyl (C=O) groups excluding carboxylic acids is 2. The van der Waals surface area contributed by atoms with Gasteiger partial charge in [0.25, 0.3) is 5.91 Å². The van der Waals surface area contributed by atoms with Gasteiger partial charge >= 0.3 is 0 Å². The molecule has 0 aliphatic carbocycles. The van der Waals surface area contributed by atoms with Crippen molar-refractivity contribution in [3.63, 3.8) is 0 Å². The van der Waals surface area contributed by atoms with Gasteiger partial charge in [-0.05, 0) is 26.2 Å². The molecular weight excluding hydrogens is 270 g/mol. The van der Waals surface area contributed by atoms with Crippen LogP contribution in [0.5, 0.6) is 0 Å².